The average molecular weight is 393 g/mol. The van der Waals surface area contributed by atoms with E-state index in [4.69, 9.17) is 9.47 Å². The highest BCUT2D eigenvalue weighted by atomic mass is 16.5. The number of carbonyl (C=O) groups is 1. The van der Waals surface area contributed by atoms with E-state index in [1.807, 2.05) is 91.9 Å². The Kier molecular flexibility index (Phi) is 4.45. The minimum Gasteiger partial charge on any atom is -0.453 e. The number of para-hydroxylation sites is 4. The van der Waals surface area contributed by atoms with Gasteiger partial charge >= 0.3 is 5.97 Å². The highest BCUT2D eigenvalue weighted by molar-refractivity contribution is 5.91. The fraction of sp³-hybridized carbons (Fsp3) is 0.0385. The molecule has 0 spiro atoms. The summed E-state index contributed by atoms with van der Waals surface area (Å²) in [5.74, 6) is 1.72. The van der Waals surface area contributed by atoms with E-state index in [1.54, 1.807) is 12.1 Å². The van der Waals surface area contributed by atoms with Crippen molar-refractivity contribution in [3.63, 3.8) is 0 Å². The number of benzene rings is 4. The van der Waals surface area contributed by atoms with E-state index in [9.17, 15) is 4.79 Å². The van der Waals surface area contributed by atoms with Gasteiger partial charge in [-0.25, -0.2) is 4.79 Å². The topological polar surface area (TPSA) is 38.8 Å². The van der Waals surface area contributed by atoms with Gasteiger partial charge in [0.25, 0.3) is 0 Å². The third-order valence-corrected chi connectivity index (χ3v) is 5.02. The van der Waals surface area contributed by atoms with Gasteiger partial charge in [-0.15, -0.1) is 0 Å². The summed E-state index contributed by atoms with van der Waals surface area (Å²) >= 11 is 0. The predicted octanol–water partition coefficient (Wildman–Crippen LogP) is 6.79. The third-order valence-electron chi connectivity index (χ3n) is 5.02. The van der Waals surface area contributed by atoms with E-state index in [-0.39, 0.29) is 5.97 Å². The number of ether oxygens (including phenoxy) is 2. The third kappa shape index (κ3) is 3.29. The summed E-state index contributed by atoms with van der Waals surface area (Å²) in [7, 11) is 0. The van der Waals surface area contributed by atoms with Crippen LogP contribution in [0.5, 0.6) is 17.2 Å². The Morgan fingerprint density at radius 1 is 0.733 bits per heavy atom. The fourth-order valence-electron chi connectivity index (χ4n) is 3.50. The van der Waals surface area contributed by atoms with Crippen molar-refractivity contribution in [1.29, 1.82) is 0 Å². The number of fused-ring (bicyclic) bond motifs is 2. The second kappa shape index (κ2) is 7.41. The molecule has 0 saturated heterocycles. The highest BCUT2D eigenvalue weighted by Crippen LogP contribution is 2.50. The van der Waals surface area contributed by atoms with Crippen molar-refractivity contribution in [2.24, 2.45) is 0 Å². The first kappa shape index (κ1) is 18.0. The first-order valence-electron chi connectivity index (χ1n) is 9.74. The lowest BCUT2D eigenvalue weighted by Crippen LogP contribution is -2.15. The summed E-state index contributed by atoms with van der Waals surface area (Å²) in [6.45, 7) is 1.98. The van der Waals surface area contributed by atoms with Crippen LogP contribution in [0.25, 0.3) is 0 Å². The van der Waals surface area contributed by atoms with Crippen molar-refractivity contribution in [2.45, 2.75) is 6.92 Å². The number of rotatable bonds is 3. The molecule has 0 amide bonds. The molecular formula is C26H19NO3. The van der Waals surface area contributed by atoms with Gasteiger partial charge in [-0.2, -0.15) is 0 Å². The fourth-order valence-corrected chi connectivity index (χ4v) is 3.50. The molecule has 146 valence electrons. The monoisotopic (exact) mass is 393 g/mol. The molecule has 30 heavy (non-hydrogen) atoms. The Hall–Kier alpha value is -4.05. The minimum atomic E-state index is -0.371. The molecule has 0 saturated carbocycles. The number of anilines is 3. The lowest BCUT2D eigenvalue weighted by atomic mass is 10.1. The molecule has 1 heterocycles. The van der Waals surface area contributed by atoms with Crippen LogP contribution in [0.3, 0.4) is 0 Å². The van der Waals surface area contributed by atoms with Gasteiger partial charge in [-0.3, -0.25) is 0 Å². The van der Waals surface area contributed by atoms with Gasteiger partial charge in [0, 0.05) is 5.69 Å². The largest absolute Gasteiger partial charge is 0.453 e. The lowest BCUT2D eigenvalue weighted by Gasteiger charge is -2.32. The van der Waals surface area contributed by atoms with E-state index < -0.39 is 0 Å². The van der Waals surface area contributed by atoms with Crippen LogP contribution in [0.1, 0.15) is 15.9 Å². The van der Waals surface area contributed by atoms with Gasteiger partial charge in [0.2, 0.25) is 0 Å². The van der Waals surface area contributed by atoms with Crippen molar-refractivity contribution >= 4 is 23.0 Å². The summed E-state index contributed by atoms with van der Waals surface area (Å²) in [4.78, 5) is 14.5. The SMILES string of the molecule is Cc1ccc(C(=O)Oc2ccc(N3c4ccccc4Oc4ccccc43)cc2)cc1. The Bertz CT molecular complexity index is 1170. The lowest BCUT2D eigenvalue weighted by molar-refractivity contribution is 0.0735. The van der Waals surface area contributed by atoms with Crippen LogP contribution in [-0.2, 0) is 0 Å². The van der Waals surface area contributed by atoms with Gasteiger partial charge in [0.15, 0.2) is 11.5 Å². The molecule has 5 rings (SSSR count). The zero-order valence-corrected chi connectivity index (χ0v) is 16.4. The van der Waals surface area contributed by atoms with E-state index in [2.05, 4.69) is 4.90 Å². The first-order valence-corrected chi connectivity index (χ1v) is 9.74. The van der Waals surface area contributed by atoms with Gasteiger partial charge in [0.05, 0.1) is 16.9 Å². The second-order valence-corrected chi connectivity index (χ2v) is 7.12. The molecular weight excluding hydrogens is 374 g/mol. The smallest absolute Gasteiger partial charge is 0.343 e. The molecule has 0 fully saturated rings. The van der Waals surface area contributed by atoms with Gasteiger partial charge in [0.1, 0.15) is 5.75 Å². The van der Waals surface area contributed by atoms with Crippen molar-refractivity contribution in [3.05, 3.63) is 108 Å². The maximum Gasteiger partial charge on any atom is 0.343 e. The molecule has 0 unspecified atom stereocenters. The zero-order chi connectivity index (χ0) is 20.5. The molecule has 0 bridgehead atoms. The van der Waals surface area contributed by atoms with E-state index in [1.165, 1.54) is 0 Å². The molecule has 4 aromatic carbocycles. The van der Waals surface area contributed by atoms with Crippen LogP contribution in [0.15, 0.2) is 97.1 Å². The Morgan fingerprint density at radius 3 is 1.90 bits per heavy atom. The molecule has 1 aliphatic rings. The summed E-state index contributed by atoms with van der Waals surface area (Å²) in [6, 6.07) is 30.7. The van der Waals surface area contributed by atoms with E-state index in [0.29, 0.717) is 11.3 Å². The van der Waals surface area contributed by atoms with Gasteiger partial charge in [-0.1, -0.05) is 42.0 Å². The number of nitrogens with zero attached hydrogens (tertiary/aromatic N) is 1. The van der Waals surface area contributed by atoms with Crippen molar-refractivity contribution < 1.29 is 14.3 Å². The summed E-state index contributed by atoms with van der Waals surface area (Å²) in [5, 5.41) is 0. The van der Waals surface area contributed by atoms with Crippen LogP contribution in [0.4, 0.5) is 17.1 Å². The maximum atomic E-state index is 12.4. The molecule has 4 nitrogen and oxygen atoms in total. The average Bonchev–Trinajstić information content (AvgIpc) is 2.78. The summed E-state index contributed by atoms with van der Waals surface area (Å²) < 4.78 is 11.6. The Balaban J connectivity index is 1.45. The molecule has 1 aliphatic heterocycles. The zero-order valence-electron chi connectivity index (χ0n) is 16.4. The quantitative estimate of drug-likeness (QED) is 0.250. The van der Waals surface area contributed by atoms with Crippen LogP contribution in [0.2, 0.25) is 0 Å². The first-order chi connectivity index (χ1) is 14.7. The number of aryl methyl sites for hydroxylation is 1. The molecule has 4 heteroatoms. The van der Waals surface area contributed by atoms with Crippen LogP contribution >= 0.6 is 0 Å². The van der Waals surface area contributed by atoms with Crippen LogP contribution < -0.4 is 14.4 Å². The van der Waals surface area contributed by atoms with Crippen LogP contribution in [-0.4, -0.2) is 5.97 Å². The number of hydrogen-bond acceptors (Lipinski definition) is 4. The minimum absolute atomic E-state index is 0.371. The molecule has 0 atom stereocenters. The number of esters is 1. The number of hydrogen-bond donors (Lipinski definition) is 0. The summed E-state index contributed by atoms with van der Waals surface area (Å²) in [6.07, 6.45) is 0. The standard InChI is InChI=1S/C26H19NO3/c1-18-10-12-19(13-11-18)26(28)29-21-16-14-20(15-17-21)27-22-6-2-4-8-24(22)30-25-9-5-3-7-23(25)27/h2-17H,1H3. The number of carbonyl (C=O) groups excluding carboxylic acids is 1. The molecule has 0 radical (unpaired) electrons. The molecule has 4 aromatic rings. The Morgan fingerprint density at radius 2 is 1.30 bits per heavy atom. The van der Waals surface area contributed by atoms with Crippen molar-refractivity contribution in [3.8, 4) is 17.2 Å². The van der Waals surface area contributed by atoms with E-state index in [0.717, 1.165) is 34.1 Å². The molecule has 0 aliphatic carbocycles. The maximum absolute atomic E-state index is 12.4. The molecule has 0 N–H and O–H groups in total. The van der Waals surface area contributed by atoms with E-state index >= 15 is 0 Å². The van der Waals surface area contributed by atoms with Gasteiger partial charge in [-0.05, 0) is 67.6 Å². The highest BCUT2D eigenvalue weighted by Gasteiger charge is 2.25. The molecule has 0 aromatic heterocycles. The van der Waals surface area contributed by atoms with Gasteiger partial charge < -0.3 is 14.4 Å². The Labute approximate surface area is 174 Å². The van der Waals surface area contributed by atoms with Crippen molar-refractivity contribution in [1.82, 2.24) is 0 Å². The normalized spacial score (nSPS) is 11.8. The summed E-state index contributed by atoms with van der Waals surface area (Å²) in [5.41, 5.74) is 4.50. The second-order valence-electron chi connectivity index (χ2n) is 7.12. The van der Waals surface area contributed by atoms with Crippen LogP contribution in [0, 0.1) is 6.92 Å². The predicted molar refractivity (Wildman–Crippen MR) is 117 cm³/mol. The van der Waals surface area contributed by atoms with Crippen molar-refractivity contribution in [2.75, 3.05) is 4.90 Å².